The lowest BCUT2D eigenvalue weighted by atomic mass is 9.94. The van der Waals surface area contributed by atoms with Crippen LogP contribution in [0, 0.1) is 0 Å². The standard InChI is InChI=1S/C35H37N7O3/c1-39(25-11-5-3-6-12-25)22-10-17-31(43)40(2)27-13-9-14-28(23-27)42-34-32(33(36)37-24-38-34)41(35(42)44)26-18-20-30(21-19-26)45-29-15-7-4-8-16-29/h4,7-10,13-21,23-25H,3,5-6,11-12,22H2,1-2H3,(H2,36,37,38)/b17-10+. The minimum atomic E-state index is -0.370. The van der Waals surface area contributed by atoms with Gasteiger partial charge in [0, 0.05) is 31.4 Å². The van der Waals surface area contributed by atoms with E-state index in [1.165, 1.54) is 47.6 Å². The monoisotopic (exact) mass is 603 g/mol. The van der Waals surface area contributed by atoms with Crippen molar-refractivity contribution in [2.75, 3.05) is 31.3 Å². The van der Waals surface area contributed by atoms with E-state index in [2.05, 4.69) is 21.9 Å². The lowest BCUT2D eigenvalue weighted by molar-refractivity contribution is -0.113. The summed E-state index contributed by atoms with van der Waals surface area (Å²) in [6.45, 7) is 0.722. The first-order valence-electron chi connectivity index (χ1n) is 15.2. The van der Waals surface area contributed by atoms with Crippen LogP contribution in [0.15, 0.2) is 102 Å². The molecule has 10 nitrogen and oxygen atoms in total. The van der Waals surface area contributed by atoms with Crippen molar-refractivity contribution >= 4 is 28.6 Å². The summed E-state index contributed by atoms with van der Waals surface area (Å²) < 4.78 is 8.90. The highest BCUT2D eigenvalue weighted by molar-refractivity contribution is 6.01. The molecule has 2 heterocycles. The zero-order valence-corrected chi connectivity index (χ0v) is 25.5. The van der Waals surface area contributed by atoms with Gasteiger partial charge in [0.25, 0.3) is 0 Å². The highest BCUT2D eigenvalue weighted by Crippen LogP contribution is 2.27. The van der Waals surface area contributed by atoms with Crippen LogP contribution in [0.2, 0.25) is 0 Å². The summed E-state index contributed by atoms with van der Waals surface area (Å²) in [5.41, 5.74) is 8.45. The van der Waals surface area contributed by atoms with Crippen LogP contribution in [-0.2, 0) is 4.79 Å². The predicted octanol–water partition coefficient (Wildman–Crippen LogP) is 5.73. The molecule has 1 aliphatic rings. The Morgan fingerprint density at radius 3 is 2.40 bits per heavy atom. The number of carbonyl (C=O) groups is 1. The number of nitrogens with two attached hydrogens (primary N) is 1. The van der Waals surface area contributed by atoms with Gasteiger partial charge in [0.2, 0.25) is 5.91 Å². The molecule has 45 heavy (non-hydrogen) atoms. The molecule has 1 saturated carbocycles. The summed E-state index contributed by atoms with van der Waals surface area (Å²) in [6.07, 6.45) is 11.2. The normalized spacial score (nSPS) is 13.9. The van der Waals surface area contributed by atoms with Crippen molar-refractivity contribution in [2.24, 2.45) is 0 Å². The molecule has 10 heteroatoms. The molecule has 2 N–H and O–H groups in total. The number of hydrogen-bond acceptors (Lipinski definition) is 7. The van der Waals surface area contributed by atoms with Crippen LogP contribution in [0.5, 0.6) is 11.5 Å². The van der Waals surface area contributed by atoms with Crippen LogP contribution < -0.4 is 21.1 Å². The van der Waals surface area contributed by atoms with Gasteiger partial charge in [-0.05, 0) is 74.5 Å². The molecule has 0 saturated heterocycles. The van der Waals surface area contributed by atoms with Crippen LogP contribution >= 0.6 is 0 Å². The van der Waals surface area contributed by atoms with Crippen LogP contribution in [0.1, 0.15) is 32.1 Å². The van der Waals surface area contributed by atoms with Crippen LogP contribution in [-0.4, -0.2) is 56.6 Å². The van der Waals surface area contributed by atoms with Crippen molar-refractivity contribution in [3.05, 3.63) is 108 Å². The second-order valence-corrected chi connectivity index (χ2v) is 11.3. The van der Waals surface area contributed by atoms with Gasteiger partial charge in [0.05, 0.1) is 11.4 Å². The maximum Gasteiger partial charge on any atom is 0.339 e. The molecular formula is C35H37N7O3. The quantitative estimate of drug-likeness (QED) is 0.214. The van der Waals surface area contributed by atoms with E-state index >= 15 is 0 Å². The number of para-hydroxylation sites is 1. The molecule has 230 valence electrons. The van der Waals surface area contributed by atoms with Gasteiger partial charge in [0.15, 0.2) is 11.5 Å². The third-order valence-electron chi connectivity index (χ3n) is 8.38. The number of ether oxygens (including phenoxy) is 1. The smallest absolute Gasteiger partial charge is 0.339 e. The fourth-order valence-corrected chi connectivity index (χ4v) is 5.88. The van der Waals surface area contributed by atoms with Gasteiger partial charge >= 0.3 is 5.69 Å². The van der Waals surface area contributed by atoms with E-state index in [0.717, 1.165) is 6.54 Å². The number of amides is 1. The number of aromatic nitrogens is 4. The van der Waals surface area contributed by atoms with Gasteiger partial charge in [-0.25, -0.2) is 19.3 Å². The van der Waals surface area contributed by atoms with Gasteiger partial charge < -0.3 is 15.4 Å². The number of imidazole rings is 1. The first kappa shape index (κ1) is 29.8. The Bertz CT molecular complexity index is 1870. The minimum absolute atomic E-state index is 0.150. The van der Waals surface area contributed by atoms with Crippen LogP contribution in [0.3, 0.4) is 0 Å². The number of anilines is 2. The van der Waals surface area contributed by atoms with Crippen molar-refractivity contribution in [1.29, 1.82) is 0 Å². The third-order valence-corrected chi connectivity index (χ3v) is 8.38. The Kier molecular flexibility index (Phi) is 8.74. The van der Waals surface area contributed by atoms with E-state index in [4.69, 9.17) is 10.5 Å². The van der Waals surface area contributed by atoms with Gasteiger partial charge in [0.1, 0.15) is 23.3 Å². The molecule has 0 radical (unpaired) electrons. The maximum atomic E-state index is 14.0. The molecule has 0 unspecified atom stereocenters. The van der Waals surface area contributed by atoms with Gasteiger partial charge in [-0.15, -0.1) is 0 Å². The zero-order valence-electron chi connectivity index (χ0n) is 25.5. The van der Waals surface area contributed by atoms with Crippen molar-refractivity contribution in [2.45, 2.75) is 38.1 Å². The number of rotatable bonds is 9. The Hall–Kier alpha value is -5.22. The summed E-state index contributed by atoms with van der Waals surface area (Å²) >= 11 is 0. The zero-order chi connectivity index (χ0) is 31.3. The lowest BCUT2D eigenvalue weighted by Crippen LogP contribution is -2.33. The van der Waals surface area contributed by atoms with Crippen LogP contribution in [0.25, 0.3) is 22.5 Å². The highest BCUT2D eigenvalue weighted by atomic mass is 16.5. The molecule has 6 rings (SSSR count). The molecule has 3 aromatic carbocycles. The molecule has 0 aliphatic heterocycles. The van der Waals surface area contributed by atoms with E-state index in [-0.39, 0.29) is 17.4 Å². The molecule has 5 aromatic rings. The number of likely N-dealkylation sites (N-methyl/N-ethyl adjacent to an activating group) is 2. The number of benzene rings is 3. The maximum absolute atomic E-state index is 14.0. The van der Waals surface area contributed by atoms with Gasteiger partial charge in [-0.3, -0.25) is 14.3 Å². The third kappa shape index (κ3) is 6.37. The number of nitrogen functional groups attached to an aromatic ring is 1. The Morgan fingerprint density at radius 2 is 1.64 bits per heavy atom. The molecule has 0 bridgehead atoms. The SMILES string of the molecule is CN(C(=O)/C=C/CN(C)C1CCCCC1)c1cccc(-n2c(=O)n(-c3ccc(Oc4ccccc4)cc3)c3c(N)ncnc32)c1. The highest BCUT2D eigenvalue weighted by Gasteiger charge is 2.21. The topological polar surface area (TPSA) is 112 Å². The molecule has 0 spiro atoms. The van der Waals surface area contributed by atoms with Gasteiger partial charge in [-0.1, -0.05) is 49.6 Å². The van der Waals surface area contributed by atoms with E-state index < -0.39 is 0 Å². The Labute approximate surface area is 262 Å². The molecule has 0 atom stereocenters. The first-order chi connectivity index (χ1) is 21.9. The number of nitrogens with zero attached hydrogens (tertiary/aromatic N) is 6. The lowest BCUT2D eigenvalue weighted by Gasteiger charge is -2.30. The fraction of sp³-hybridized carbons (Fsp3) is 0.257. The predicted molar refractivity (Wildman–Crippen MR) is 177 cm³/mol. The van der Waals surface area contributed by atoms with Gasteiger partial charge in [-0.2, -0.15) is 0 Å². The summed E-state index contributed by atoms with van der Waals surface area (Å²) in [6, 6.07) is 24.4. The van der Waals surface area contributed by atoms with Crippen molar-refractivity contribution in [3.8, 4) is 22.9 Å². The molecular weight excluding hydrogens is 566 g/mol. The second kappa shape index (κ2) is 13.2. The van der Waals surface area contributed by atoms with Crippen molar-refractivity contribution in [1.82, 2.24) is 24.0 Å². The van der Waals surface area contributed by atoms with E-state index in [1.807, 2.05) is 48.5 Å². The molecule has 1 fully saturated rings. The Morgan fingerprint density at radius 1 is 0.911 bits per heavy atom. The fourth-order valence-electron chi connectivity index (χ4n) is 5.88. The molecule has 2 aromatic heterocycles. The summed E-state index contributed by atoms with van der Waals surface area (Å²) in [4.78, 5) is 39.6. The average Bonchev–Trinajstić information content (AvgIpc) is 3.38. The summed E-state index contributed by atoms with van der Waals surface area (Å²) in [5, 5.41) is 0. The summed E-state index contributed by atoms with van der Waals surface area (Å²) in [7, 11) is 3.84. The van der Waals surface area contributed by atoms with E-state index in [1.54, 1.807) is 54.4 Å². The number of hydrogen-bond donors (Lipinski definition) is 1. The van der Waals surface area contributed by atoms with Crippen molar-refractivity contribution < 1.29 is 9.53 Å². The molecule has 1 amide bonds. The number of carbonyl (C=O) groups excluding carboxylic acids is 1. The number of fused-ring (bicyclic) bond motifs is 1. The van der Waals surface area contributed by atoms with Crippen molar-refractivity contribution in [3.63, 3.8) is 0 Å². The van der Waals surface area contributed by atoms with E-state index in [9.17, 15) is 9.59 Å². The van der Waals surface area contributed by atoms with Crippen LogP contribution in [0.4, 0.5) is 11.5 Å². The largest absolute Gasteiger partial charge is 0.457 e. The second-order valence-electron chi connectivity index (χ2n) is 11.3. The average molecular weight is 604 g/mol. The summed E-state index contributed by atoms with van der Waals surface area (Å²) in [5.74, 6) is 1.36. The minimum Gasteiger partial charge on any atom is -0.457 e. The Balaban J connectivity index is 1.27. The molecule has 1 aliphatic carbocycles. The van der Waals surface area contributed by atoms with E-state index in [0.29, 0.717) is 45.8 Å². The first-order valence-corrected chi connectivity index (χ1v) is 15.2.